The highest BCUT2D eigenvalue weighted by atomic mass is 16.6. The number of ether oxygens (including phenoxy) is 2. The smallest absolute Gasteiger partial charge is 0.123 e. The second kappa shape index (κ2) is 10.6. The Morgan fingerprint density at radius 3 is 2.50 bits per heavy atom. The highest BCUT2D eigenvalue weighted by Gasteiger charge is 2.40. The number of aryl methyl sites for hydroxylation is 1. The summed E-state index contributed by atoms with van der Waals surface area (Å²) in [7, 11) is 0. The average molecular weight is 331 g/mol. The Bertz CT molecular complexity index is 488. The molecule has 1 unspecified atom stereocenters. The molecule has 0 spiro atoms. The largest absolute Gasteiger partial charge is 0.490 e. The van der Waals surface area contributed by atoms with E-state index in [4.69, 9.17) is 9.47 Å². The van der Waals surface area contributed by atoms with Crippen LogP contribution >= 0.6 is 0 Å². The number of rotatable bonds is 13. The van der Waals surface area contributed by atoms with Gasteiger partial charge in [-0.25, -0.2) is 0 Å². The van der Waals surface area contributed by atoms with Crippen molar-refractivity contribution in [2.45, 2.75) is 77.2 Å². The summed E-state index contributed by atoms with van der Waals surface area (Å²) in [4.78, 5) is 0. The predicted octanol–water partition coefficient (Wildman–Crippen LogP) is 6.09. The van der Waals surface area contributed by atoms with Gasteiger partial charge in [0, 0.05) is 0 Å². The lowest BCUT2D eigenvalue weighted by molar-refractivity contribution is 0.201. The van der Waals surface area contributed by atoms with Gasteiger partial charge in [0.2, 0.25) is 0 Å². The van der Waals surface area contributed by atoms with Crippen molar-refractivity contribution in [2.24, 2.45) is 0 Å². The van der Waals surface area contributed by atoms with Crippen molar-refractivity contribution in [2.75, 3.05) is 13.2 Å². The summed E-state index contributed by atoms with van der Waals surface area (Å²) in [5, 5.41) is 0. The van der Waals surface area contributed by atoms with Gasteiger partial charge in [0.25, 0.3) is 0 Å². The predicted molar refractivity (Wildman–Crippen MR) is 102 cm³/mol. The van der Waals surface area contributed by atoms with E-state index in [2.05, 4.69) is 44.2 Å². The molecular weight excluding hydrogens is 296 g/mol. The Hall–Kier alpha value is -1.28. The first-order valence-electron chi connectivity index (χ1n) is 9.73. The molecule has 2 nitrogen and oxygen atoms in total. The van der Waals surface area contributed by atoms with E-state index in [9.17, 15) is 0 Å². The van der Waals surface area contributed by atoms with Crippen LogP contribution in [0.1, 0.15) is 70.8 Å². The van der Waals surface area contributed by atoms with Crippen molar-refractivity contribution in [3.8, 4) is 5.75 Å². The number of benzene rings is 1. The molecule has 0 amide bonds. The molecule has 0 aromatic heterocycles. The van der Waals surface area contributed by atoms with Gasteiger partial charge in [0.1, 0.15) is 18.0 Å². The lowest BCUT2D eigenvalue weighted by Crippen LogP contribution is -2.17. The Morgan fingerprint density at radius 1 is 1.04 bits per heavy atom. The van der Waals surface area contributed by atoms with Crippen LogP contribution in [0.15, 0.2) is 36.4 Å². The summed E-state index contributed by atoms with van der Waals surface area (Å²) in [6.07, 6.45) is 16.2. The van der Waals surface area contributed by atoms with E-state index < -0.39 is 0 Å². The van der Waals surface area contributed by atoms with Crippen LogP contribution in [0.3, 0.4) is 0 Å². The molecule has 1 aromatic rings. The number of unbranched alkanes of at least 4 members (excludes halogenated alkanes) is 6. The molecule has 0 radical (unpaired) electrons. The van der Waals surface area contributed by atoms with Crippen LogP contribution in [0, 0.1) is 0 Å². The first-order valence-corrected chi connectivity index (χ1v) is 9.73. The van der Waals surface area contributed by atoms with Gasteiger partial charge in [-0.3, -0.25) is 0 Å². The second-order valence-corrected chi connectivity index (χ2v) is 7.20. The molecule has 1 aliphatic heterocycles. The lowest BCUT2D eigenvalue weighted by atomic mass is 10.1. The van der Waals surface area contributed by atoms with Crippen LogP contribution in [0.4, 0.5) is 0 Å². The van der Waals surface area contributed by atoms with Crippen molar-refractivity contribution < 1.29 is 9.47 Å². The summed E-state index contributed by atoms with van der Waals surface area (Å²) >= 11 is 0. The van der Waals surface area contributed by atoms with E-state index in [1.165, 1.54) is 50.5 Å². The minimum Gasteiger partial charge on any atom is -0.490 e. The van der Waals surface area contributed by atoms with Gasteiger partial charge in [0.05, 0.1) is 6.61 Å². The maximum Gasteiger partial charge on any atom is 0.123 e. The van der Waals surface area contributed by atoms with E-state index in [0.717, 1.165) is 25.2 Å². The molecule has 2 rings (SSSR count). The van der Waals surface area contributed by atoms with E-state index in [1.807, 2.05) is 6.07 Å². The maximum absolute atomic E-state index is 5.96. The molecule has 1 aromatic carbocycles. The Labute approximate surface area is 148 Å². The molecule has 0 saturated carbocycles. The van der Waals surface area contributed by atoms with E-state index >= 15 is 0 Å². The van der Waals surface area contributed by atoms with Gasteiger partial charge < -0.3 is 9.47 Å². The third-order valence-electron chi connectivity index (χ3n) is 4.60. The van der Waals surface area contributed by atoms with Crippen LogP contribution in [0.5, 0.6) is 5.75 Å². The average Bonchev–Trinajstić information content (AvgIpc) is 3.33. The topological polar surface area (TPSA) is 21.8 Å². The van der Waals surface area contributed by atoms with Crippen molar-refractivity contribution in [3.05, 3.63) is 42.0 Å². The molecule has 24 heavy (non-hydrogen) atoms. The highest BCUT2D eigenvalue weighted by Crippen LogP contribution is 2.28. The molecule has 1 atom stereocenters. The second-order valence-electron chi connectivity index (χ2n) is 7.20. The van der Waals surface area contributed by atoms with Gasteiger partial charge in [0.15, 0.2) is 0 Å². The fourth-order valence-corrected chi connectivity index (χ4v) is 2.80. The van der Waals surface area contributed by atoms with Crippen LogP contribution < -0.4 is 4.74 Å². The van der Waals surface area contributed by atoms with E-state index in [-0.39, 0.29) is 5.60 Å². The SMILES string of the molecule is CCCCCCC/C=C/CCCc1ccccc1OCC1(C)CO1. The molecule has 1 aliphatic rings. The van der Waals surface area contributed by atoms with Gasteiger partial charge in [-0.15, -0.1) is 0 Å². The van der Waals surface area contributed by atoms with Gasteiger partial charge in [-0.05, 0) is 50.7 Å². The summed E-state index contributed by atoms with van der Waals surface area (Å²) in [5.41, 5.74) is 1.27. The number of epoxide rings is 1. The third-order valence-corrected chi connectivity index (χ3v) is 4.60. The molecule has 2 heteroatoms. The van der Waals surface area contributed by atoms with Gasteiger partial charge in [-0.2, -0.15) is 0 Å². The molecular formula is C22H34O2. The quantitative estimate of drug-likeness (QED) is 0.248. The highest BCUT2D eigenvalue weighted by molar-refractivity contribution is 5.33. The molecule has 0 bridgehead atoms. The summed E-state index contributed by atoms with van der Waals surface area (Å²) in [6, 6.07) is 8.41. The van der Waals surface area contributed by atoms with Gasteiger partial charge in [-0.1, -0.05) is 63.0 Å². The summed E-state index contributed by atoms with van der Waals surface area (Å²) < 4.78 is 11.4. The van der Waals surface area contributed by atoms with Crippen molar-refractivity contribution in [3.63, 3.8) is 0 Å². The summed E-state index contributed by atoms with van der Waals surface area (Å²) in [5.74, 6) is 1.02. The minimum absolute atomic E-state index is 0.0486. The number of para-hydroxylation sites is 1. The number of hydrogen-bond acceptors (Lipinski definition) is 2. The normalized spacial score (nSPS) is 19.8. The molecule has 134 valence electrons. The lowest BCUT2D eigenvalue weighted by Gasteiger charge is -2.12. The molecule has 1 heterocycles. The zero-order chi connectivity index (χ0) is 17.1. The number of allylic oxidation sites excluding steroid dienone is 2. The zero-order valence-electron chi connectivity index (χ0n) is 15.6. The van der Waals surface area contributed by atoms with Crippen LogP contribution in [0.2, 0.25) is 0 Å². The van der Waals surface area contributed by atoms with E-state index in [1.54, 1.807) is 0 Å². The fraction of sp³-hybridized carbons (Fsp3) is 0.636. The fourth-order valence-electron chi connectivity index (χ4n) is 2.80. The standard InChI is InChI=1S/C22H34O2/c1-3-4-5-6-7-8-9-10-11-12-15-20-16-13-14-17-21(20)23-18-22(2)19-24-22/h9-10,13-14,16-17H,3-8,11-12,15,18-19H2,1-2H3/b10-9+. The first-order chi connectivity index (χ1) is 11.7. The Kier molecular flexibility index (Phi) is 8.38. The van der Waals surface area contributed by atoms with Crippen LogP contribution in [-0.2, 0) is 11.2 Å². The first kappa shape index (κ1) is 19.1. The van der Waals surface area contributed by atoms with Crippen LogP contribution in [-0.4, -0.2) is 18.8 Å². The van der Waals surface area contributed by atoms with Gasteiger partial charge >= 0.3 is 0 Å². The number of hydrogen-bond donors (Lipinski definition) is 0. The van der Waals surface area contributed by atoms with Crippen molar-refractivity contribution in [1.29, 1.82) is 0 Å². The van der Waals surface area contributed by atoms with Crippen LogP contribution in [0.25, 0.3) is 0 Å². The Morgan fingerprint density at radius 2 is 1.75 bits per heavy atom. The zero-order valence-corrected chi connectivity index (χ0v) is 15.6. The molecule has 1 fully saturated rings. The minimum atomic E-state index is -0.0486. The van der Waals surface area contributed by atoms with Crippen molar-refractivity contribution in [1.82, 2.24) is 0 Å². The Balaban J connectivity index is 1.60. The molecule has 0 N–H and O–H groups in total. The van der Waals surface area contributed by atoms with Crippen molar-refractivity contribution >= 4 is 0 Å². The third kappa shape index (κ3) is 7.53. The molecule has 0 aliphatic carbocycles. The maximum atomic E-state index is 5.96. The van der Waals surface area contributed by atoms with E-state index in [0.29, 0.717) is 6.61 Å². The molecule has 1 saturated heterocycles. The monoisotopic (exact) mass is 330 g/mol. The summed E-state index contributed by atoms with van der Waals surface area (Å²) in [6.45, 7) is 5.84.